The van der Waals surface area contributed by atoms with E-state index in [2.05, 4.69) is 10.3 Å². The molecular weight excluding hydrogens is 332 g/mol. The topological polar surface area (TPSA) is 99.5 Å². The van der Waals surface area contributed by atoms with Crippen LogP contribution < -0.4 is 5.32 Å². The summed E-state index contributed by atoms with van der Waals surface area (Å²) in [5, 5.41) is 22.2. The van der Waals surface area contributed by atoms with E-state index in [1.807, 2.05) is 0 Å². The first-order valence-corrected chi connectivity index (χ1v) is 8.00. The van der Waals surface area contributed by atoms with E-state index >= 15 is 0 Å². The molecule has 1 unspecified atom stereocenters. The largest absolute Gasteiger partial charge is 0.479 e. The molecule has 3 N–H and O–H groups in total. The summed E-state index contributed by atoms with van der Waals surface area (Å²) in [5.41, 5.74) is -0.139. The van der Waals surface area contributed by atoms with Crippen LogP contribution in [0.15, 0.2) is 24.3 Å². The Hall–Kier alpha value is -2.18. The Bertz CT molecular complexity index is 831. The molecule has 6 nitrogen and oxygen atoms in total. The zero-order valence-electron chi connectivity index (χ0n) is 13.0. The Morgan fingerprint density at radius 1 is 1.38 bits per heavy atom. The maximum atomic E-state index is 12.5. The predicted molar refractivity (Wildman–Crippen MR) is 89.3 cm³/mol. The van der Waals surface area contributed by atoms with Crippen LogP contribution in [0.2, 0.25) is 5.02 Å². The van der Waals surface area contributed by atoms with E-state index in [4.69, 9.17) is 16.7 Å². The quantitative estimate of drug-likeness (QED) is 0.770. The van der Waals surface area contributed by atoms with Crippen LogP contribution in [0.1, 0.15) is 41.7 Å². The first kappa shape index (κ1) is 16.7. The highest BCUT2D eigenvalue weighted by atomic mass is 35.5. The maximum absolute atomic E-state index is 12.5. The number of hydrogen-bond acceptors (Lipinski definition) is 4. The molecule has 126 valence electrons. The van der Waals surface area contributed by atoms with Crippen molar-refractivity contribution in [3.8, 4) is 0 Å². The number of aliphatic carboxylic acids is 1. The minimum absolute atomic E-state index is 0.360. The first-order chi connectivity index (χ1) is 11.3. The van der Waals surface area contributed by atoms with Crippen LogP contribution in [0.4, 0.5) is 0 Å². The molecule has 0 saturated heterocycles. The molecule has 1 saturated carbocycles. The van der Waals surface area contributed by atoms with E-state index in [1.54, 1.807) is 24.3 Å². The minimum Gasteiger partial charge on any atom is -0.479 e. The molecule has 0 bridgehead atoms. The summed E-state index contributed by atoms with van der Waals surface area (Å²) >= 11 is 6.02. The lowest BCUT2D eigenvalue weighted by molar-refractivity contribution is -0.155. The van der Waals surface area contributed by atoms with E-state index in [0.29, 0.717) is 27.4 Å². The molecule has 0 radical (unpaired) electrons. The van der Waals surface area contributed by atoms with Gasteiger partial charge in [-0.25, -0.2) is 4.79 Å². The van der Waals surface area contributed by atoms with Gasteiger partial charge in [0.25, 0.3) is 5.91 Å². The number of hydrogen-bond donors (Lipinski definition) is 3. The summed E-state index contributed by atoms with van der Waals surface area (Å²) in [6.45, 7) is 0.733. The van der Waals surface area contributed by atoms with Gasteiger partial charge >= 0.3 is 5.97 Å². The van der Waals surface area contributed by atoms with Crippen molar-refractivity contribution in [3.63, 3.8) is 0 Å². The first-order valence-electron chi connectivity index (χ1n) is 7.62. The number of amides is 1. The second kappa shape index (κ2) is 6.03. The number of benzene rings is 1. The molecule has 1 aliphatic rings. The average molecular weight is 349 g/mol. The van der Waals surface area contributed by atoms with Crippen molar-refractivity contribution in [2.75, 3.05) is 6.54 Å². The van der Waals surface area contributed by atoms with Crippen molar-refractivity contribution >= 4 is 34.4 Å². The number of nitrogens with one attached hydrogen (secondary N) is 1. The fourth-order valence-electron chi connectivity index (χ4n) is 2.42. The number of halogens is 1. The van der Waals surface area contributed by atoms with Crippen LogP contribution >= 0.6 is 11.6 Å². The number of nitrogens with zero attached hydrogens (tertiary/aromatic N) is 1. The Kier molecular flexibility index (Phi) is 4.19. The Labute approximate surface area is 143 Å². The summed E-state index contributed by atoms with van der Waals surface area (Å²) in [7, 11) is 0. The van der Waals surface area contributed by atoms with Crippen LogP contribution in [0.3, 0.4) is 0 Å². The Morgan fingerprint density at radius 2 is 2.08 bits per heavy atom. The normalized spacial score (nSPS) is 16.6. The van der Waals surface area contributed by atoms with Crippen molar-refractivity contribution in [3.05, 3.63) is 40.5 Å². The molecule has 3 rings (SSSR count). The summed E-state index contributed by atoms with van der Waals surface area (Å²) in [6.07, 6.45) is 2.09. The average Bonchev–Trinajstić information content (AvgIpc) is 3.36. The molecule has 1 aromatic carbocycles. The molecule has 7 heteroatoms. The van der Waals surface area contributed by atoms with Gasteiger partial charge in [-0.1, -0.05) is 11.6 Å². The van der Waals surface area contributed by atoms with E-state index in [1.165, 1.54) is 0 Å². The van der Waals surface area contributed by atoms with Gasteiger partial charge < -0.3 is 15.5 Å². The fourth-order valence-corrected chi connectivity index (χ4v) is 2.59. The van der Waals surface area contributed by atoms with Crippen molar-refractivity contribution in [2.45, 2.75) is 31.3 Å². The lowest BCUT2D eigenvalue weighted by atomic mass is 10.0. The molecule has 1 aliphatic carbocycles. The number of rotatable bonds is 5. The van der Waals surface area contributed by atoms with Gasteiger partial charge in [-0.2, -0.15) is 0 Å². The van der Waals surface area contributed by atoms with E-state index in [9.17, 15) is 14.7 Å². The Morgan fingerprint density at radius 3 is 2.71 bits per heavy atom. The predicted octanol–water partition coefficient (Wildman–Crippen LogP) is 2.33. The molecule has 2 aromatic rings. The number of carboxylic acids is 1. The molecule has 1 heterocycles. The molecule has 1 fully saturated rings. The fraction of sp³-hybridized carbons (Fsp3) is 0.353. The maximum Gasteiger partial charge on any atom is 0.337 e. The number of carbonyl (C=O) groups is 2. The molecular formula is C17H17ClN2O4. The minimum atomic E-state index is -2.03. The summed E-state index contributed by atoms with van der Waals surface area (Å²) in [6, 6.07) is 6.85. The third kappa shape index (κ3) is 3.34. The van der Waals surface area contributed by atoms with Crippen LogP contribution in [0.5, 0.6) is 0 Å². The zero-order valence-corrected chi connectivity index (χ0v) is 13.8. The van der Waals surface area contributed by atoms with Gasteiger partial charge in [0.1, 0.15) is 0 Å². The van der Waals surface area contributed by atoms with Crippen molar-refractivity contribution < 1.29 is 19.8 Å². The van der Waals surface area contributed by atoms with E-state index < -0.39 is 24.0 Å². The van der Waals surface area contributed by atoms with Crippen LogP contribution in [-0.4, -0.2) is 39.2 Å². The van der Waals surface area contributed by atoms with Gasteiger partial charge in [0, 0.05) is 22.0 Å². The summed E-state index contributed by atoms with van der Waals surface area (Å²) in [4.78, 5) is 28.1. The van der Waals surface area contributed by atoms with Gasteiger partial charge in [0.05, 0.1) is 17.6 Å². The third-order valence-electron chi connectivity index (χ3n) is 4.08. The van der Waals surface area contributed by atoms with Gasteiger partial charge in [0.15, 0.2) is 5.60 Å². The van der Waals surface area contributed by atoms with E-state index in [-0.39, 0.29) is 0 Å². The smallest absolute Gasteiger partial charge is 0.337 e. The van der Waals surface area contributed by atoms with Crippen molar-refractivity contribution in [2.24, 2.45) is 0 Å². The highest BCUT2D eigenvalue weighted by Crippen LogP contribution is 2.40. The lowest BCUT2D eigenvalue weighted by Crippen LogP contribution is -2.46. The van der Waals surface area contributed by atoms with Crippen LogP contribution in [0.25, 0.3) is 10.9 Å². The monoisotopic (exact) mass is 348 g/mol. The van der Waals surface area contributed by atoms with Crippen LogP contribution in [0, 0.1) is 0 Å². The van der Waals surface area contributed by atoms with Gasteiger partial charge in [-0.3, -0.25) is 9.78 Å². The molecule has 0 aliphatic heterocycles. The number of aromatic nitrogens is 1. The third-order valence-corrected chi connectivity index (χ3v) is 4.32. The van der Waals surface area contributed by atoms with E-state index in [0.717, 1.165) is 25.5 Å². The summed E-state index contributed by atoms with van der Waals surface area (Å²) in [5.74, 6) is -1.50. The summed E-state index contributed by atoms with van der Waals surface area (Å²) < 4.78 is 0. The van der Waals surface area contributed by atoms with Crippen molar-refractivity contribution in [1.29, 1.82) is 0 Å². The number of aliphatic hydroxyl groups is 1. The SMILES string of the molecule is CC(O)(CNC(=O)c1cc(C2CC2)nc2ccc(Cl)cc12)C(=O)O. The Balaban J connectivity index is 1.96. The lowest BCUT2D eigenvalue weighted by Gasteiger charge is -2.19. The molecule has 24 heavy (non-hydrogen) atoms. The number of carbonyl (C=O) groups excluding carboxylic acids is 1. The van der Waals surface area contributed by atoms with Crippen molar-refractivity contribution in [1.82, 2.24) is 10.3 Å². The molecule has 1 aromatic heterocycles. The highest BCUT2D eigenvalue weighted by molar-refractivity contribution is 6.31. The van der Waals surface area contributed by atoms with Gasteiger partial charge in [-0.15, -0.1) is 0 Å². The number of carboxylic acid groups (broad SMARTS) is 1. The molecule has 0 spiro atoms. The molecule has 1 atom stereocenters. The highest BCUT2D eigenvalue weighted by Gasteiger charge is 2.31. The molecule has 1 amide bonds. The second-order valence-electron chi connectivity index (χ2n) is 6.29. The van der Waals surface area contributed by atoms with Gasteiger partial charge in [0.2, 0.25) is 0 Å². The standard InChI is InChI=1S/C17H17ClN2O4/c1-17(24,16(22)23)8-19-15(21)12-7-14(9-2-3-9)20-13-5-4-10(18)6-11(12)13/h4-7,9,24H,2-3,8H2,1H3,(H,19,21)(H,22,23). The van der Waals surface area contributed by atoms with Crippen LogP contribution in [-0.2, 0) is 4.79 Å². The number of pyridine rings is 1. The zero-order chi connectivity index (χ0) is 17.5. The van der Waals surface area contributed by atoms with Gasteiger partial charge in [-0.05, 0) is 44.0 Å². The number of fused-ring (bicyclic) bond motifs is 1. The second-order valence-corrected chi connectivity index (χ2v) is 6.73.